The van der Waals surface area contributed by atoms with Crippen LogP contribution in [0.2, 0.25) is 0 Å². The Balaban J connectivity index is 2.43. The van der Waals surface area contributed by atoms with Gasteiger partial charge in [0.1, 0.15) is 5.60 Å². The topological polar surface area (TPSA) is 50.4 Å². The van der Waals surface area contributed by atoms with Crippen molar-refractivity contribution in [2.45, 2.75) is 78.9 Å². The Kier molecular flexibility index (Phi) is 5.70. The van der Waals surface area contributed by atoms with Gasteiger partial charge in [0.15, 0.2) is 0 Å². The third kappa shape index (κ3) is 7.70. The monoisotopic (exact) mass is 298 g/mol. The first-order valence-electron chi connectivity index (χ1n) is 8.13. The van der Waals surface area contributed by atoms with Crippen molar-refractivity contribution in [2.24, 2.45) is 11.3 Å². The van der Waals surface area contributed by atoms with Gasteiger partial charge in [-0.3, -0.25) is 0 Å². The highest BCUT2D eigenvalue weighted by Gasteiger charge is 2.41. The summed E-state index contributed by atoms with van der Waals surface area (Å²) >= 11 is 0. The summed E-state index contributed by atoms with van der Waals surface area (Å²) in [5.41, 5.74) is -0.141. The number of nitrogens with one attached hydrogen (secondary N) is 2. The van der Waals surface area contributed by atoms with Crippen molar-refractivity contribution in [3.8, 4) is 0 Å². The molecular formula is C17H34N2O2. The van der Waals surface area contributed by atoms with Crippen molar-refractivity contribution < 1.29 is 9.53 Å². The second kappa shape index (κ2) is 6.55. The molecule has 1 fully saturated rings. The van der Waals surface area contributed by atoms with Gasteiger partial charge in [-0.2, -0.15) is 0 Å². The van der Waals surface area contributed by atoms with E-state index in [4.69, 9.17) is 4.74 Å². The summed E-state index contributed by atoms with van der Waals surface area (Å²) in [5.74, 6) is 0.660. The van der Waals surface area contributed by atoms with Crippen molar-refractivity contribution in [1.82, 2.24) is 10.6 Å². The summed E-state index contributed by atoms with van der Waals surface area (Å²) in [7, 11) is 0. The molecule has 1 aliphatic rings. The fourth-order valence-corrected chi connectivity index (χ4v) is 2.36. The molecule has 2 N–H and O–H groups in total. The number of ether oxygens (including phenoxy) is 1. The van der Waals surface area contributed by atoms with E-state index >= 15 is 0 Å². The lowest BCUT2D eigenvalue weighted by molar-refractivity contribution is 0.0507. The quantitative estimate of drug-likeness (QED) is 0.786. The number of amides is 1. The summed E-state index contributed by atoms with van der Waals surface area (Å²) in [6.07, 6.45) is 3.29. The van der Waals surface area contributed by atoms with Gasteiger partial charge in [-0.15, -0.1) is 0 Å². The Labute approximate surface area is 130 Å². The molecule has 1 rings (SSSR count). The van der Waals surface area contributed by atoms with E-state index in [-0.39, 0.29) is 11.6 Å². The van der Waals surface area contributed by atoms with E-state index < -0.39 is 5.60 Å². The highest BCUT2D eigenvalue weighted by atomic mass is 16.6. The van der Waals surface area contributed by atoms with E-state index in [1.54, 1.807) is 0 Å². The molecule has 1 atom stereocenters. The minimum atomic E-state index is -0.445. The van der Waals surface area contributed by atoms with Gasteiger partial charge in [-0.25, -0.2) is 4.79 Å². The lowest BCUT2D eigenvalue weighted by Gasteiger charge is -2.33. The molecule has 0 saturated heterocycles. The summed E-state index contributed by atoms with van der Waals surface area (Å²) in [6.45, 7) is 16.2. The molecule has 1 unspecified atom stereocenters. The first-order valence-corrected chi connectivity index (χ1v) is 8.13. The number of rotatable bonds is 6. The van der Waals surface area contributed by atoms with Crippen LogP contribution in [-0.4, -0.2) is 30.3 Å². The smallest absolute Gasteiger partial charge is 0.407 e. The van der Waals surface area contributed by atoms with Crippen molar-refractivity contribution in [3.05, 3.63) is 0 Å². The number of alkyl carbamates (subject to hydrolysis) is 1. The van der Waals surface area contributed by atoms with E-state index in [1.165, 1.54) is 12.8 Å². The molecule has 124 valence electrons. The van der Waals surface area contributed by atoms with Crippen molar-refractivity contribution in [1.29, 1.82) is 0 Å². The molecule has 1 saturated carbocycles. The molecule has 0 radical (unpaired) electrons. The third-order valence-corrected chi connectivity index (χ3v) is 3.88. The molecular weight excluding hydrogens is 264 g/mol. The Hall–Kier alpha value is -0.770. The van der Waals surface area contributed by atoms with Gasteiger partial charge in [-0.1, -0.05) is 20.8 Å². The Bertz CT molecular complexity index is 351. The van der Waals surface area contributed by atoms with Crippen LogP contribution in [0.15, 0.2) is 0 Å². The molecule has 0 bridgehead atoms. The molecule has 0 spiro atoms. The first kappa shape index (κ1) is 18.3. The fourth-order valence-electron chi connectivity index (χ4n) is 2.36. The molecule has 0 aromatic carbocycles. The van der Waals surface area contributed by atoms with Gasteiger partial charge in [0.25, 0.3) is 0 Å². The molecule has 1 amide bonds. The van der Waals surface area contributed by atoms with E-state index in [9.17, 15) is 4.79 Å². The maximum absolute atomic E-state index is 11.8. The summed E-state index contributed by atoms with van der Waals surface area (Å²) in [4.78, 5) is 11.8. The van der Waals surface area contributed by atoms with E-state index in [2.05, 4.69) is 38.3 Å². The second-order valence-electron chi connectivity index (χ2n) is 8.78. The van der Waals surface area contributed by atoms with Gasteiger partial charge < -0.3 is 15.4 Å². The number of hydrogen-bond acceptors (Lipinski definition) is 3. The Morgan fingerprint density at radius 2 is 1.67 bits per heavy atom. The van der Waals surface area contributed by atoms with Gasteiger partial charge >= 0.3 is 6.09 Å². The molecule has 4 nitrogen and oxygen atoms in total. The normalized spacial score (nSPS) is 19.0. The maximum Gasteiger partial charge on any atom is 0.407 e. The molecule has 1 aliphatic carbocycles. The Morgan fingerprint density at radius 3 is 2.10 bits per heavy atom. The van der Waals surface area contributed by atoms with Crippen LogP contribution in [0.25, 0.3) is 0 Å². The largest absolute Gasteiger partial charge is 0.444 e. The number of hydrogen-bond donors (Lipinski definition) is 2. The maximum atomic E-state index is 11.8. The van der Waals surface area contributed by atoms with E-state index in [1.807, 2.05) is 20.8 Å². The minimum absolute atomic E-state index is 0.0256. The highest BCUT2D eigenvalue weighted by molar-refractivity contribution is 5.67. The SMILES string of the molecule is CC(C)(C)CCNC(C)(CNC(=O)OC(C)(C)C)C1CC1. The zero-order valence-corrected chi connectivity index (χ0v) is 14.9. The average molecular weight is 298 g/mol. The molecule has 21 heavy (non-hydrogen) atoms. The predicted molar refractivity (Wildman–Crippen MR) is 87.4 cm³/mol. The van der Waals surface area contributed by atoms with Crippen molar-refractivity contribution in [2.75, 3.05) is 13.1 Å². The van der Waals surface area contributed by atoms with Gasteiger partial charge in [-0.05, 0) is 64.8 Å². The third-order valence-electron chi connectivity index (χ3n) is 3.88. The van der Waals surface area contributed by atoms with Gasteiger partial charge in [0.05, 0.1) is 0 Å². The minimum Gasteiger partial charge on any atom is -0.444 e. The van der Waals surface area contributed by atoms with Crippen LogP contribution in [0.3, 0.4) is 0 Å². The van der Waals surface area contributed by atoms with Crippen LogP contribution in [0.5, 0.6) is 0 Å². The summed E-state index contributed by atoms with van der Waals surface area (Å²) in [5, 5.41) is 6.59. The van der Waals surface area contributed by atoms with Gasteiger partial charge in [0, 0.05) is 12.1 Å². The molecule has 0 aromatic heterocycles. The van der Waals surface area contributed by atoms with Crippen LogP contribution in [0, 0.1) is 11.3 Å². The van der Waals surface area contributed by atoms with Crippen LogP contribution in [0.1, 0.15) is 67.7 Å². The lowest BCUT2D eigenvalue weighted by atomic mass is 9.90. The molecule has 0 aliphatic heterocycles. The van der Waals surface area contributed by atoms with Crippen molar-refractivity contribution in [3.63, 3.8) is 0 Å². The predicted octanol–water partition coefficient (Wildman–Crippen LogP) is 3.71. The second-order valence-corrected chi connectivity index (χ2v) is 8.78. The van der Waals surface area contributed by atoms with Crippen LogP contribution in [-0.2, 0) is 4.74 Å². The van der Waals surface area contributed by atoms with E-state index in [0.29, 0.717) is 17.9 Å². The van der Waals surface area contributed by atoms with Crippen LogP contribution in [0.4, 0.5) is 4.79 Å². The molecule has 0 aromatic rings. The lowest BCUT2D eigenvalue weighted by Crippen LogP contribution is -2.54. The first-order chi connectivity index (χ1) is 9.41. The Morgan fingerprint density at radius 1 is 1.10 bits per heavy atom. The highest BCUT2D eigenvalue weighted by Crippen LogP contribution is 2.39. The number of carbonyl (C=O) groups excluding carboxylic acids is 1. The van der Waals surface area contributed by atoms with Crippen molar-refractivity contribution >= 4 is 6.09 Å². The van der Waals surface area contributed by atoms with E-state index in [0.717, 1.165) is 13.0 Å². The van der Waals surface area contributed by atoms with Crippen LogP contribution >= 0.6 is 0 Å². The molecule has 0 heterocycles. The summed E-state index contributed by atoms with van der Waals surface area (Å²) in [6, 6.07) is 0. The number of carbonyl (C=O) groups is 1. The standard InChI is InChI=1S/C17H34N2O2/c1-15(2,3)10-11-19-17(7,13-8-9-13)12-18-14(20)21-16(4,5)6/h13,19H,8-12H2,1-7H3,(H,18,20). The zero-order chi connectivity index (χ0) is 16.3. The zero-order valence-electron chi connectivity index (χ0n) is 14.9. The summed E-state index contributed by atoms with van der Waals surface area (Å²) < 4.78 is 5.31. The molecule has 4 heteroatoms. The van der Waals surface area contributed by atoms with Crippen LogP contribution < -0.4 is 10.6 Å². The fraction of sp³-hybridized carbons (Fsp3) is 0.941. The average Bonchev–Trinajstić information content (AvgIpc) is 3.06. The van der Waals surface area contributed by atoms with Gasteiger partial charge in [0.2, 0.25) is 0 Å².